The smallest absolute Gasteiger partial charge is 0.193 e. The second kappa shape index (κ2) is 11.2. The van der Waals surface area contributed by atoms with E-state index in [1.807, 2.05) is 20.9 Å². The number of piperidine rings is 1. The molecule has 1 unspecified atom stereocenters. The summed E-state index contributed by atoms with van der Waals surface area (Å²) in [5.74, 6) is 1.79. The third-order valence-electron chi connectivity index (χ3n) is 5.35. The maximum atomic E-state index is 6.10. The summed E-state index contributed by atoms with van der Waals surface area (Å²) in [5, 5.41) is 7.44. The van der Waals surface area contributed by atoms with Gasteiger partial charge in [-0.05, 0) is 46.0 Å². The second-order valence-corrected chi connectivity index (χ2v) is 7.21. The van der Waals surface area contributed by atoms with Crippen molar-refractivity contribution in [2.24, 2.45) is 4.99 Å². The molecule has 0 spiro atoms. The van der Waals surface area contributed by atoms with Crippen LogP contribution in [0.3, 0.4) is 0 Å². The summed E-state index contributed by atoms with van der Waals surface area (Å²) in [6.45, 7) is 8.13. The van der Waals surface area contributed by atoms with E-state index >= 15 is 0 Å². The Bertz CT molecular complexity index is 574. The summed E-state index contributed by atoms with van der Waals surface area (Å²) in [5.41, 5.74) is 2.04. The Kier molecular flexibility index (Phi) is 9.31. The molecular weight excluding hydrogens is 459 g/mol. The van der Waals surface area contributed by atoms with Gasteiger partial charge in [-0.3, -0.25) is 4.99 Å². The Morgan fingerprint density at radius 1 is 1.26 bits per heavy atom. The first-order valence-electron chi connectivity index (χ1n) is 9.78. The number of hydrogen-bond donors (Lipinski definition) is 1. The predicted molar refractivity (Wildman–Crippen MR) is 116 cm³/mol. The van der Waals surface area contributed by atoms with E-state index in [0.29, 0.717) is 18.8 Å². The molecule has 1 aromatic rings. The Balaban J connectivity index is 0.00000261. The van der Waals surface area contributed by atoms with Crippen molar-refractivity contribution in [3.63, 3.8) is 0 Å². The van der Waals surface area contributed by atoms with Crippen molar-refractivity contribution in [1.82, 2.24) is 15.4 Å². The molecule has 2 aliphatic rings. The van der Waals surface area contributed by atoms with Gasteiger partial charge in [0.25, 0.3) is 0 Å². The van der Waals surface area contributed by atoms with Gasteiger partial charge in [-0.15, -0.1) is 24.0 Å². The molecule has 154 valence electrons. The van der Waals surface area contributed by atoms with Crippen LogP contribution in [0.4, 0.5) is 0 Å². The van der Waals surface area contributed by atoms with Crippen LogP contribution in [-0.2, 0) is 16.0 Å². The minimum absolute atomic E-state index is 0. The van der Waals surface area contributed by atoms with Crippen LogP contribution in [0.15, 0.2) is 9.52 Å². The van der Waals surface area contributed by atoms with Crippen molar-refractivity contribution in [3.8, 4) is 0 Å². The van der Waals surface area contributed by atoms with Crippen LogP contribution in [0.25, 0.3) is 0 Å². The summed E-state index contributed by atoms with van der Waals surface area (Å²) >= 11 is 0. The van der Waals surface area contributed by atoms with Crippen molar-refractivity contribution < 1.29 is 14.0 Å². The molecule has 1 N–H and O–H groups in total. The van der Waals surface area contributed by atoms with Gasteiger partial charge in [-0.1, -0.05) is 5.16 Å². The molecule has 0 amide bonds. The molecule has 3 heterocycles. The largest absolute Gasteiger partial charge is 0.376 e. The lowest BCUT2D eigenvalue weighted by atomic mass is 10.1. The molecular formula is C19H33IN4O3. The van der Waals surface area contributed by atoms with Gasteiger partial charge in [0.1, 0.15) is 5.76 Å². The summed E-state index contributed by atoms with van der Waals surface area (Å²) in [6, 6.07) is 0. The number of hydrogen-bond acceptors (Lipinski definition) is 5. The van der Waals surface area contributed by atoms with E-state index in [-0.39, 0.29) is 24.0 Å². The number of aromatic nitrogens is 1. The first kappa shape index (κ1) is 22.4. The molecule has 1 atom stereocenters. The van der Waals surface area contributed by atoms with Crippen LogP contribution in [0.1, 0.15) is 49.1 Å². The molecule has 2 saturated heterocycles. The normalized spacial score (nSPS) is 21.8. The summed E-state index contributed by atoms with van der Waals surface area (Å²) in [6.07, 6.45) is 6.27. The number of aliphatic imine (C=N–C) groups is 1. The maximum Gasteiger partial charge on any atom is 0.193 e. The monoisotopic (exact) mass is 492 g/mol. The summed E-state index contributed by atoms with van der Waals surface area (Å²) in [7, 11) is 1.83. The Morgan fingerprint density at radius 2 is 2.04 bits per heavy atom. The zero-order valence-electron chi connectivity index (χ0n) is 16.7. The third-order valence-corrected chi connectivity index (χ3v) is 5.35. The standard InChI is InChI=1S/C19H32N4O3.HI/c1-14-18(15(2)26-22-14)12-21-19(20-3)23-9-7-16(8-10-23)25-13-17-6-4-5-11-24-17;/h16-17H,4-13H2,1-3H3,(H,20,21);1H. The number of likely N-dealkylation sites (tertiary alicyclic amines) is 1. The van der Waals surface area contributed by atoms with Crippen LogP contribution in [0.5, 0.6) is 0 Å². The van der Waals surface area contributed by atoms with Crippen LogP contribution in [0, 0.1) is 13.8 Å². The first-order valence-corrected chi connectivity index (χ1v) is 9.78. The fraction of sp³-hybridized carbons (Fsp3) is 0.789. The lowest BCUT2D eigenvalue weighted by Gasteiger charge is -2.35. The molecule has 0 aliphatic carbocycles. The predicted octanol–water partition coefficient (Wildman–Crippen LogP) is 3.03. The number of nitrogens with zero attached hydrogens (tertiary/aromatic N) is 3. The Morgan fingerprint density at radius 3 is 2.63 bits per heavy atom. The minimum Gasteiger partial charge on any atom is -0.376 e. The van der Waals surface area contributed by atoms with Crippen molar-refractivity contribution in [2.75, 3.05) is 33.4 Å². The molecule has 0 bridgehead atoms. The zero-order valence-corrected chi connectivity index (χ0v) is 19.0. The van der Waals surface area contributed by atoms with Crippen molar-refractivity contribution >= 4 is 29.9 Å². The molecule has 3 rings (SSSR count). The lowest BCUT2D eigenvalue weighted by Crippen LogP contribution is -2.47. The highest BCUT2D eigenvalue weighted by molar-refractivity contribution is 14.0. The van der Waals surface area contributed by atoms with E-state index in [2.05, 4.69) is 20.4 Å². The van der Waals surface area contributed by atoms with E-state index in [9.17, 15) is 0 Å². The fourth-order valence-electron chi connectivity index (χ4n) is 3.67. The van der Waals surface area contributed by atoms with Crippen LogP contribution in [-0.4, -0.2) is 61.6 Å². The van der Waals surface area contributed by atoms with E-state index in [1.54, 1.807) is 0 Å². The van der Waals surface area contributed by atoms with Gasteiger partial charge in [0.15, 0.2) is 5.96 Å². The Hall–Kier alpha value is -0.870. The number of guanidine groups is 1. The van der Waals surface area contributed by atoms with Gasteiger partial charge >= 0.3 is 0 Å². The van der Waals surface area contributed by atoms with Crippen LogP contribution < -0.4 is 5.32 Å². The topological polar surface area (TPSA) is 72.1 Å². The number of nitrogens with one attached hydrogen (secondary N) is 1. The van der Waals surface area contributed by atoms with E-state index in [0.717, 1.165) is 68.5 Å². The molecule has 1 aromatic heterocycles. The first-order chi connectivity index (χ1) is 12.7. The number of rotatable bonds is 5. The highest BCUT2D eigenvalue weighted by Crippen LogP contribution is 2.18. The van der Waals surface area contributed by atoms with Gasteiger partial charge in [0.2, 0.25) is 0 Å². The highest BCUT2D eigenvalue weighted by Gasteiger charge is 2.24. The zero-order chi connectivity index (χ0) is 18.4. The molecule has 2 fully saturated rings. The van der Waals surface area contributed by atoms with E-state index < -0.39 is 0 Å². The van der Waals surface area contributed by atoms with Gasteiger partial charge in [0, 0.05) is 38.9 Å². The van der Waals surface area contributed by atoms with Crippen molar-refractivity contribution in [3.05, 3.63) is 17.0 Å². The van der Waals surface area contributed by atoms with Crippen LogP contribution >= 0.6 is 24.0 Å². The summed E-state index contributed by atoms with van der Waals surface area (Å²) in [4.78, 5) is 6.74. The lowest BCUT2D eigenvalue weighted by molar-refractivity contribution is -0.0721. The quantitative estimate of drug-likeness (QED) is 0.387. The molecule has 27 heavy (non-hydrogen) atoms. The molecule has 0 aromatic carbocycles. The van der Waals surface area contributed by atoms with Crippen LogP contribution in [0.2, 0.25) is 0 Å². The Labute approximate surface area is 179 Å². The van der Waals surface area contributed by atoms with Gasteiger partial charge in [-0.2, -0.15) is 0 Å². The average molecular weight is 492 g/mol. The van der Waals surface area contributed by atoms with Crippen molar-refractivity contribution in [2.45, 2.75) is 64.7 Å². The molecule has 0 saturated carbocycles. The molecule has 8 heteroatoms. The molecule has 0 radical (unpaired) electrons. The summed E-state index contributed by atoms with van der Waals surface area (Å²) < 4.78 is 17.1. The minimum atomic E-state index is 0. The fourth-order valence-corrected chi connectivity index (χ4v) is 3.67. The number of ether oxygens (including phenoxy) is 2. The van der Waals surface area contributed by atoms with E-state index in [1.165, 1.54) is 12.8 Å². The maximum absolute atomic E-state index is 6.10. The molecule has 7 nitrogen and oxygen atoms in total. The van der Waals surface area contributed by atoms with Gasteiger partial charge < -0.3 is 24.2 Å². The van der Waals surface area contributed by atoms with Gasteiger partial charge in [-0.25, -0.2) is 0 Å². The SMILES string of the molecule is CN=C(NCc1c(C)noc1C)N1CCC(OCC2CCCCO2)CC1.I. The average Bonchev–Trinajstić information content (AvgIpc) is 3.00. The third kappa shape index (κ3) is 6.32. The molecule has 2 aliphatic heterocycles. The second-order valence-electron chi connectivity index (χ2n) is 7.21. The number of halogens is 1. The number of aryl methyl sites for hydroxylation is 2. The van der Waals surface area contributed by atoms with Gasteiger partial charge in [0.05, 0.1) is 24.5 Å². The van der Waals surface area contributed by atoms with Crippen molar-refractivity contribution in [1.29, 1.82) is 0 Å². The van der Waals surface area contributed by atoms with E-state index in [4.69, 9.17) is 14.0 Å². The highest BCUT2D eigenvalue weighted by atomic mass is 127.